The van der Waals surface area contributed by atoms with Crippen LogP contribution in [0, 0.1) is 59.4 Å². The molecule has 0 aliphatic rings. The molecule has 0 radical (unpaired) electrons. The van der Waals surface area contributed by atoms with Gasteiger partial charge in [-0.05, 0) is 44.3 Å². The first kappa shape index (κ1) is 36.7. The van der Waals surface area contributed by atoms with Gasteiger partial charge in [-0.1, -0.05) is 65.7 Å². The number of benzene rings is 2. The predicted octanol–water partition coefficient (Wildman–Crippen LogP) is 10.6. The van der Waals surface area contributed by atoms with Crippen molar-refractivity contribution in [2.45, 2.75) is 91.7 Å². The normalized spacial score (nSPS) is 12.4. The Morgan fingerprint density at radius 2 is 1.07 bits per heavy atom. The first-order chi connectivity index (χ1) is 19.2. The maximum atomic E-state index is 13.8. The number of hydrogen-bond donors (Lipinski definition) is 1. The Hall–Kier alpha value is -2.37. The van der Waals surface area contributed by atoms with Gasteiger partial charge >= 0.3 is 6.18 Å². The first-order valence-electron chi connectivity index (χ1n) is 13.6. The molecule has 2 aromatic rings. The van der Waals surface area contributed by atoms with Crippen LogP contribution >= 0.6 is 0 Å². The molecular formula is C29H36F11N. The Morgan fingerprint density at radius 1 is 0.561 bits per heavy atom. The van der Waals surface area contributed by atoms with Crippen LogP contribution in [0.3, 0.4) is 0 Å². The molecule has 0 bridgehead atoms. The topological polar surface area (TPSA) is 12.0 Å². The van der Waals surface area contributed by atoms with Crippen molar-refractivity contribution in [1.29, 1.82) is 0 Å². The van der Waals surface area contributed by atoms with Crippen LogP contribution < -0.4 is 5.32 Å². The molecule has 1 nitrogen and oxygen atoms in total. The van der Waals surface area contributed by atoms with E-state index in [1.165, 1.54) is 70.9 Å². The highest BCUT2D eigenvalue weighted by molar-refractivity contribution is 5.73. The summed E-state index contributed by atoms with van der Waals surface area (Å²) in [5.74, 6) is -20.3. The van der Waals surface area contributed by atoms with Crippen molar-refractivity contribution in [3.8, 4) is 11.1 Å². The summed E-state index contributed by atoms with van der Waals surface area (Å²) < 4.78 is 146. The Kier molecular flexibility index (Phi) is 15.1. The van der Waals surface area contributed by atoms with Gasteiger partial charge in [0.05, 0.1) is 5.56 Å². The highest BCUT2D eigenvalue weighted by Gasteiger charge is 2.43. The molecule has 0 amide bonds. The van der Waals surface area contributed by atoms with Crippen LogP contribution in [-0.4, -0.2) is 13.1 Å². The van der Waals surface area contributed by atoms with Crippen molar-refractivity contribution in [2.24, 2.45) is 5.92 Å². The summed E-state index contributed by atoms with van der Waals surface area (Å²) in [6.45, 7) is 9.71. The van der Waals surface area contributed by atoms with Crippen LogP contribution in [0.2, 0.25) is 0 Å². The van der Waals surface area contributed by atoms with Crippen molar-refractivity contribution in [3.63, 3.8) is 0 Å². The standard InChI is InChI=1S/C15H33N.C14H3F11/c1-4-7-9-10-13-16-14-12-15(6-3)11-8-5-2;1-2-3(4-7(16)11(20)13(22)12(21)8(4)17)5(14(23,24)25)9(18)10(19)6(2)15/h15-16H,4-14H2,1-3H3;1H3. The van der Waals surface area contributed by atoms with Gasteiger partial charge in [0.1, 0.15) is 5.56 Å². The smallest absolute Gasteiger partial charge is 0.317 e. The molecule has 2 rings (SSSR count). The van der Waals surface area contributed by atoms with Gasteiger partial charge in [-0.3, -0.25) is 0 Å². The summed E-state index contributed by atoms with van der Waals surface area (Å²) in [6, 6.07) is 0. The van der Waals surface area contributed by atoms with Gasteiger partial charge in [0, 0.05) is 5.56 Å². The number of nitrogens with one attached hydrogen (secondary N) is 1. The number of rotatable bonds is 13. The largest absolute Gasteiger partial charge is 0.419 e. The van der Waals surface area contributed by atoms with Crippen LogP contribution in [0.5, 0.6) is 0 Å². The predicted molar refractivity (Wildman–Crippen MR) is 136 cm³/mol. The second-order valence-corrected chi connectivity index (χ2v) is 9.78. The highest BCUT2D eigenvalue weighted by Crippen LogP contribution is 2.45. The lowest BCUT2D eigenvalue weighted by atomic mass is 9.92. The molecule has 2 aromatic carbocycles. The Labute approximate surface area is 233 Å². The first-order valence-corrected chi connectivity index (χ1v) is 13.6. The second kappa shape index (κ2) is 16.9. The van der Waals surface area contributed by atoms with E-state index in [0.717, 1.165) is 5.92 Å². The number of alkyl halides is 3. The van der Waals surface area contributed by atoms with Crippen LogP contribution in [0.25, 0.3) is 11.1 Å². The Morgan fingerprint density at radius 3 is 1.56 bits per heavy atom. The fourth-order valence-electron chi connectivity index (χ4n) is 4.33. The van der Waals surface area contributed by atoms with Gasteiger partial charge in [-0.2, -0.15) is 13.2 Å². The lowest BCUT2D eigenvalue weighted by Crippen LogP contribution is -2.19. The molecule has 0 spiro atoms. The number of unbranched alkanes of at least 4 members (excludes halogenated alkanes) is 4. The minimum atomic E-state index is -5.83. The summed E-state index contributed by atoms with van der Waals surface area (Å²) >= 11 is 0. The third-order valence-corrected chi connectivity index (χ3v) is 6.78. The maximum Gasteiger partial charge on any atom is 0.419 e. The Balaban J connectivity index is 0.000000456. The monoisotopic (exact) mass is 607 g/mol. The quantitative estimate of drug-likeness (QED) is 0.103. The van der Waals surface area contributed by atoms with Crippen molar-refractivity contribution < 1.29 is 48.3 Å². The van der Waals surface area contributed by atoms with Crippen molar-refractivity contribution >= 4 is 0 Å². The lowest BCUT2D eigenvalue weighted by Gasteiger charge is -2.19. The fourth-order valence-corrected chi connectivity index (χ4v) is 4.33. The average Bonchev–Trinajstić information content (AvgIpc) is 2.93. The Bertz CT molecular complexity index is 1100. The molecule has 0 saturated heterocycles. The molecule has 0 heterocycles. The maximum absolute atomic E-state index is 13.8. The molecule has 12 heteroatoms. The van der Waals surface area contributed by atoms with Gasteiger partial charge in [0.15, 0.2) is 40.7 Å². The molecule has 0 aliphatic heterocycles. The molecule has 0 aliphatic carbocycles. The zero-order valence-electron chi connectivity index (χ0n) is 23.5. The average molecular weight is 608 g/mol. The van der Waals surface area contributed by atoms with Crippen molar-refractivity contribution in [1.82, 2.24) is 5.32 Å². The van der Waals surface area contributed by atoms with E-state index in [0.29, 0.717) is 6.92 Å². The van der Waals surface area contributed by atoms with Gasteiger partial charge in [-0.15, -0.1) is 0 Å². The van der Waals surface area contributed by atoms with Crippen molar-refractivity contribution in [3.05, 3.63) is 57.7 Å². The van der Waals surface area contributed by atoms with Crippen LogP contribution in [0.4, 0.5) is 48.3 Å². The number of halogens is 11. The fraction of sp³-hybridized carbons (Fsp3) is 0.586. The van der Waals surface area contributed by atoms with Gasteiger partial charge in [-0.25, -0.2) is 35.1 Å². The SMILES string of the molecule is CCCCCCNCCC(CC)CCCC.Cc1c(F)c(F)c(F)c(C(F)(F)F)c1-c1c(F)c(F)c(F)c(F)c1F. The minimum absolute atomic E-state index is 0.362. The van der Waals surface area contributed by atoms with E-state index in [9.17, 15) is 48.3 Å². The summed E-state index contributed by atoms with van der Waals surface area (Å²) in [6.07, 6.45) is 6.60. The van der Waals surface area contributed by atoms with E-state index in [1.54, 1.807) is 0 Å². The third kappa shape index (κ3) is 9.58. The summed E-state index contributed by atoms with van der Waals surface area (Å²) in [4.78, 5) is 0. The molecular weight excluding hydrogens is 571 g/mol. The molecule has 1 N–H and O–H groups in total. The van der Waals surface area contributed by atoms with Gasteiger partial charge in [0.25, 0.3) is 0 Å². The lowest BCUT2D eigenvalue weighted by molar-refractivity contribution is -0.139. The third-order valence-electron chi connectivity index (χ3n) is 6.78. The molecule has 0 saturated carbocycles. The molecule has 1 atom stereocenters. The second-order valence-electron chi connectivity index (χ2n) is 9.78. The number of hydrogen-bond acceptors (Lipinski definition) is 1. The van der Waals surface area contributed by atoms with Crippen molar-refractivity contribution in [2.75, 3.05) is 13.1 Å². The zero-order valence-corrected chi connectivity index (χ0v) is 23.5. The molecule has 0 fully saturated rings. The van der Waals surface area contributed by atoms with E-state index >= 15 is 0 Å². The van der Waals surface area contributed by atoms with Crippen LogP contribution in [-0.2, 0) is 6.18 Å². The molecule has 41 heavy (non-hydrogen) atoms. The van der Waals surface area contributed by atoms with E-state index < -0.39 is 75.0 Å². The minimum Gasteiger partial charge on any atom is -0.317 e. The molecule has 234 valence electrons. The van der Waals surface area contributed by atoms with Gasteiger partial charge < -0.3 is 5.32 Å². The van der Waals surface area contributed by atoms with Crippen LogP contribution in [0.15, 0.2) is 0 Å². The highest BCUT2D eigenvalue weighted by atomic mass is 19.4. The zero-order chi connectivity index (χ0) is 31.5. The van der Waals surface area contributed by atoms with E-state index in [2.05, 4.69) is 26.1 Å². The van der Waals surface area contributed by atoms with E-state index in [4.69, 9.17) is 0 Å². The summed E-state index contributed by atoms with van der Waals surface area (Å²) in [5, 5.41) is 3.59. The van der Waals surface area contributed by atoms with E-state index in [-0.39, 0.29) is 0 Å². The van der Waals surface area contributed by atoms with E-state index in [1.807, 2.05) is 0 Å². The van der Waals surface area contributed by atoms with Gasteiger partial charge in [0.2, 0.25) is 5.82 Å². The summed E-state index contributed by atoms with van der Waals surface area (Å²) in [5.41, 5.74) is -8.45. The van der Waals surface area contributed by atoms with Crippen LogP contribution in [0.1, 0.15) is 89.7 Å². The molecule has 1 unspecified atom stereocenters. The molecule has 0 aromatic heterocycles. The summed E-state index contributed by atoms with van der Waals surface area (Å²) in [7, 11) is 0.